The summed E-state index contributed by atoms with van der Waals surface area (Å²) in [5, 5.41) is 0. The lowest BCUT2D eigenvalue weighted by molar-refractivity contribution is 0.579. The zero-order valence-corrected chi connectivity index (χ0v) is 7.94. The fourth-order valence-corrected chi connectivity index (χ4v) is 1.79. The Morgan fingerprint density at radius 2 is 1.22 bits per heavy atom. The summed E-state index contributed by atoms with van der Waals surface area (Å²) >= 11 is 0. The lowest BCUT2D eigenvalue weighted by Gasteiger charge is -2.22. The molecular weight excluding hydrogens is 131 g/mol. The van der Waals surface area contributed by atoms with Crippen molar-refractivity contribution in [2.45, 2.75) is 39.0 Å². The molecule has 0 saturated heterocycles. The van der Waals surface area contributed by atoms with E-state index in [1.54, 1.807) is 0 Å². The van der Waals surface area contributed by atoms with Crippen LogP contribution < -0.4 is 0 Å². The van der Waals surface area contributed by atoms with Crippen molar-refractivity contribution in [2.75, 3.05) is 6.66 Å². The van der Waals surface area contributed by atoms with Gasteiger partial charge in [-0.2, -0.15) is 0 Å². The molecular formula is C7H18OP+. The summed E-state index contributed by atoms with van der Waals surface area (Å²) in [6.07, 6.45) is 0. The molecule has 0 aliphatic carbocycles. The van der Waals surface area contributed by atoms with E-state index in [9.17, 15) is 4.89 Å². The molecule has 0 fully saturated rings. The van der Waals surface area contributed by atoms with Crippen molar-refractivity contribution in [3.63, 3.8) is 0 Å². The predicted molar refractivity (Wildman–Crippen MR) is 45.3 cm³/mol. The molecule has 0 unspecified atom stereocenters. The molecule has 0 aliphatic rings. The van der Waals surface area contributed by atoms with Crippen molar-refractivity contribution >= 4 is 7.49 Å². The molecule has 0 aromatic carbocycles. The van der Waals surface area contributed by atoms with Gasteiger partial charge in [-0.15, -0.1) is 0 Å². The van der Waals surface area contributed by atoms with Gasteiger partial charge >= 0.3 is 0 Å². The van der Waals surface area contributed by atoms with E-state index >= 15 is 0 Å². The Hall–Kier alpha value is 0.390. The van der Waals surface area contributed by atoms with Crippen LogP contribution in [-0.2, 0) is 0 Å². The average Bonchev–Trinajstić information content (AvgIpc) is 1.65. The maximum atomic E-state index is 9.78. The average molecular weight is 149 g/mol. The molecule has 0 amide bonds. The van der Waals surface area contributed by atoms with E-state index in [0.717, 1.165) is 0 Å². The van der Waals surface area contributed by atoms with Crippen molar-refractivity contribution in [1.29, 1.82) is 0 Å². The van der Waals surface area contributed by atoms with Crippen molar-refractivity contribution in [3.05, 3.63) is 0 Å². The van der Waals surface area contributed by atoms with Crippen LogP contribution in [0.5, 0.6) is 0 Å². The minimum absolute atomic E-state index is 0.456. The smallest absolute Gasteiger partial charge is 0.143 e. The van der Waals surface area contributed by atoms with Crippen LogP contribution in [-0.4, -0.2) is 22.9 Å². The molecule has 2 heteroatoms. The number of hydrogen-bond acceptors (Lipinski definition) is 1. The molecule has 1 N–H and O–H groups in total. The largest absolute Gasteiger partial charge is 0.252 e. The zero-order valence-electron chi connectivity index (χ0n) is 7.05. The van der Waals surface area contributed by atoms with Crippen LogP contribution in [0.3, 0.4) is 0 Å². The standard InChI is InChI=1S/C7H18OP/c1-6(2)9(5,8)7(3)4/h6-8H,1-5H3/q+1. The topological polar surface area (TPSA) is 20.2 Å². The van der Waals surface area contributed by atoms with Gasteiger partial charge in [0, 0.05) is 0 Å². The highest BCUT2D eigenvalue weighted by Gasteiger charge is 2.36. The van der Waals surface area contributed by atoms with Crippen LogP contribution in [0.15, 0.2) is 0 Å². The lowest BCUT2D eigenvalue weighted by Crippen LogP contribution is -2.12. The third kappa shape index (κ3) is 2.23. The second-order valence-corrected chi connectivity index (χ2v) is 7.54. The number of rotatable bonds is 2. The van der Waals surface area contributed by atoms with Crippen LogP contribution in [0.25, 0.3) is 0 Å². The van der Waals surface area contributed by atoms with E-state index in [1.165, 1.54) is 0 Å². The second-order valence-electron chi connectivity index (χ2n) is 3.28. The van der Waals surface area contributed by atoms with E-state index in [4.69, 9.17) is 0 Å². The minimum Gasteiger partial charge on any atom is -0.252 e. The molecule has 0 aliphatic heterocycles. The summed E-state index contributed by atoms with van der Waals surface area (Å²) in [5.74, 6) is 0. The Morgan fingerprint density at radius 3 is 1.22 bits per heavy atom. The van der Waals surface area contributed by atoms with E-state index < -0.39 is 7.49 Å². The quantitative estimate of drug-likeness (QED) is 0.597. The summed E-state index contributed by atoms with van der Waals surface area (Å²) < 4.78 is 0. The highest BCUT2D eigenvalue weighted by Crippen LogP contribution is 2.59. The minimum atomic E-state index is -1.59. The normalized spacial score (nSPS) is 13.3. The van der Waals surface area contributed by atoms with Gasteiger partial charge in [0.05, 0.1) is 18.0 Å². The second kappa shape index (κ2) is 2.98. The van der Waals surface area contributed by atoms with Gasteiger partial charge in [-0.1, -0.05) is 0 Å². The maximum Gasteiger partial charge on any atom is 0.143 e. The maximum absolute atomic E-state index is 9.78. The van der Waals surface area contributed by atoms with Crippen molar-refractivity contribution < 1.29 is 4.89 Å². The van der Waals surface area contributed by atoms with Crippen molar-refractivity contribution in [3.8, 4) is 0 Å². The van der Waals surface area contributed by atoms with E-state index in [2.05, 4.69) is 27.7 Å². The van der Waals surface area contributed by atoms with Crippen LogP contribution >= 0.6 is 7.49 Å². The van der Waals surface area contributed by atoms with Gasteiger partial charge in [0.2, 0.25) is 0 Å². The molecule has 0 aromatic heterocycles. The molecule has 1 nitrogen and oxygen atoms in total. The predicted octanol–water partition coefficient (Wildman–Crippen LogP) is 2.36. The van der Waals surface area contributed by atoms with Gasteiger partial charge < -0.3 is 0 Å². The molecule has 0 spiro atoms. The van der Waals surface area contributed by atoms with Crippen LogP contribution in [0.4, 0.5) is 0 Å². The zero-order chi connectivity index (χ0) is 7.65. The third-order valence-electron chi connectivity index (χ3n) is 2.09. The van der Waals surface area contributed by atoms with Crippen molar-refractivity contribution in [1.82, 2.24) is 0 Å². The summed E-state index contributed by atoms with van der Waals surface area (Å²) in [5.41, 5.74) is 0.912. The fraction of sp³-hybridized carbons (Fsp3) is 1.00. The fourth-order valence-electron chi connectivity index (χ4n) is 0.596. The third-order valence-corrected chi connectivity index (χ3v) is 6.27. The van der Waals surface area contributed by atoms with Crippen LogP contribution in [0.2, 0.25) is 0 Å². The van der Waals surface area contributed by atoms with Gasteiger partial charge in [-0.3, -0.25) is 4.89 Å². The van der Waals surface area contributed by atoms with Crippen LogP contribution in [0.1, 0.15) is 27.7 Å². The molecule has 0 aromatic rings. The summed E-state index contributed by atoms with van der Waals surface area (Å²) in [7, 11) is -1.59. The summed E-state index contributed by atoms with van der Waals surface area (Å²) in [4.78, 5) is 9.78. The van der Waals surface area contributed by atoms with E-state index in [-0.39, 0.29) is 0 Å². The molecule has 0 atom stereocenters. The lowest BCUT2D eigenvalue weighted by atomic mass is 10.5. The van der Waals surface area contributed by atoms with Gasteiger partial charge in [0.15, 0.2) is 0 Å². The monoisotopic (exact) mass is 149 g/mol. The van der Waals surface area contributed by atoms with Crippen molar-refractivity contribution in [2.24, 2.45) is 0 Å². The Balaban J connectivity index is 4.01. The van der Waals surface area contributed by atoms with Gasteiger partial charge in [0.25, 0.3) is 0 Å². The summed E-state index contributed by atoms with van der Waals surface area (Å²) in [6, 6.07) is 0. The molecule has 0 radical (unpaired) electrons. The molecule has 0 bridgehead atoms. The molecule has 0 heterocycles. The first-order valence-corrected chi connectivity index (χ1v) is 5.80. The Labute approximate surface area is 58.9 Å². The van der Waals surface area contributed by atoms with E-state index in [0.29, 0.717) is 11.3 Å². The molecule has 56 valence electrons. The molecule has 9 heavy (non-hydrogen) atoms. The molecule has 0 saturated carbocycles. The van der Waals surface area contributed by atoms with Gasteiger partial charge in [-0.05, 0) is 27.7 Å². The highest BCUT2D eigenvalue weighted by molar-refractivity contribution is 7.70. The first-order chi connectivity index (χ1) is 3.89. The molecule has 0 rings (SSSR count). The first kappa shape index (κ1) is 9.39. The Kier molecular flexibility index (Phi) is 3.11. The Bertz CT molecular complexity index is 76.9. The van der Waals surface area contributed by atoms with E-state index in [1.807, 2.05) is 6.66 Å². The van der Waals surface area contributed by atoms with Gasteiger partial charge in [-0.25, -0.2) is 0 Å². The SMILES string of the molecule is CC(C)[P+](C)(O)C(C)C. The number of hydrogen-bond donors (Lipinski definition) is 1. The highest BCUT2D eigenvalue weighted by atomic mass is 31.2. The van der Waals surface area contributed by atoms with Gasteiger partial charge in [0.1, 0.15) is 7.49 Å². The first-order valence-electron chi connectivity index (χ1n) is 3.47. The Morgan fingerprint density at radius 1 is 1.00 bits per heavy atom. The van der Waals surface area contributed by atoms with Crippen LogP contribution in [0, 0.1) is 0 Å². The summed E-state index contributed by atoms with van der Waals surface area (Å²) in [6.45, 7) is 10.4.